The van der Waals surface area contributed by atoms with E-state index in [1.807, 2.05) is 31.2 Å². The van der Waals surface area contributed by atoms with Gasteiger partial charge in [0.05, 0.1) is 23.6 Å². The molecule has 0 atom stereocenters. The summed E-state index contributed by atoms with van der Waals surface area (Å²) in [6.07, 6.45) is 1.18. The van der Waals surface area contributed by atoms with Gasteiger partial charge in [-0.2, -0.15) is 0 Å². The molecule has 0 bridgehead atoms. The molecule has 0 spiro atoms. The molecule has 1 aliphatic rings. The zero-order valence-electron chi connectivity index (χ0n) is 16.8. The fourth-order valence-corrected chi connectivity index (χ4v) is 3.77. The van der Waals surface area contributed by atoms with Crippen molar-refractivity contribution in [1.82, 2.24) is 9.78 Å². The number of nitrogens with zero attached hydrogens (tertiary/aromatic N) is 2. The van der Waals surface area contributed by atoms with Gasteiger partial charge in [-0.15, -0.1) is 5.10 Å². The standard InChI is InChI=1S/C23H24FN3O2/c1-4-29-18-11-7-16(8-12-18)25-22-21-19(13-23(2,3)14-20(21)28)27(26-22)17-9-5-15(24)6-10-17/h5-12H,4,13-14H2,1-3H3,(H,25,26). The molecule has 2 aromatic carbocycles. The van der Waals surface area contributed by atoms with Crippen molar-refractivity contribution in [3.8, 4) is 11.4 Å². The summed E-state index contributed by atoms with van der Waals surface area (Å²) in [6.45, 7) is 6.70. The van der Waals surface area contributed by atoms with Gasteiger partial charge in [0.1, 0.15) is 11.6 Å². The second-order valence-electron chi connectivity index (χ2n) is 8.08. The lowest BCUT2D eigenvalue weighted by Crippen LogP contribution is -2.28. The van der Waals surface area contributed by atoms with Crippen molar-refractivity contribution in [2.75, 3.05) is 11.9 Å². The number of anilines is 2. The normalized spacial score (nSPS) is 15.1. The molecule has 29 heavy (non-hydrogen) atoms. The van der Waals surface area contributed by atoms with E-state index in [-0.39, 0.29) is 17.0 Å². The van der Waals surface area contributed by atoms with Crippen molar-refractivity contribution in [3.63, 3.8) is 0 Å². The van der Waals surface area contributed by atoms with E-state index >= 15 is 0 Å². The Kier molecular flexibility index (Phi) is 4.86. The molecule has 0 saturated carbocycles. The van der Waals surface area contributed by atoms with Crippen LogP contribution in [0.1, 0.15) is 43.2 Å². The van der Waals surface area contributed by atoms with Crippen LogP contribution >= 0.6 is 0 Å². The Balaban J connectivity index is 1.76. The number of hydrogen-bond acceptors (Lipinski definition) is 4. The molecule has 0 saturated heterocycles. The Morgan fingerprint density at radius 2 is 1.79 bits per heavy atom. The van der Waals surface area contributed by atoms with Gasteiger partial charge in [-0.05, 0) is 67.3 Å². The number of nitrogens with one attached hydrogen (secondary N) is 1. The number of ether oxygens (including phenoxy) is 1. The van der Waals surface area contributed by atoms with E-state index in [9.17, 15) is 9.18 Å². The summed E-state index contributed by atoms with van der Waals surface area (Å²) in [6, 6.07) is 13.7. The molecular formula is C23H24FN3O2. The highest BCUT2D eigenvalue weighted by atomic mass is 19.1. The maximum Gasteiger partial charge on any atom is 0.169 e. The second-order valence-corrected chi connectivity index (χ2v) is 8.08. The SMILES string of the molecule is CCOc1ccc(Nc2nn(-c3ccc(F)cc3)c3c2C(=O)CC(C)(C)C3)cc1. The van der Waals surface area contributed by atoms with Gasteiger partial charge in [-0.1, -0.05) is 13.8 Å². The van der Waals surface area contributed by atoms with Crippen molar-refractivity contribution in [2.24, 2.45) is 5.41 Å². The van der Waals surface area contributed by atoms with Crippen LogP contribution in [0, 0.1) is 11.2 Å². The highest BCUT2D eigenvalue weighted by Crippen LogP contribution is 2.39. The number of fused-ring (bicyclic) bond motifs is 1. The van der Waals surface area contributed by atoms with Gasteiger partial charge in [-0.3, -0.25) is 4.79 Å². The van der Waals surface area contributed by atoms with Crippen LogP contribution in [0.3, 0.4) is 0 Å². The van der Waals surface area contributed by atoms with Gasteiger partial charge < -0.3 is 10.1 Å². The molecule has 1 N–H and O–H groups in total. The molecular weight excluding hydrogens is 369 g/mol. The van der Waals surface area contributed by atoms with Gasteiger partial charge >= 0.3 is 0 Å². The second kappa shape index (κ2) is 7.35. The third kappa shape index (κ3) is 3.88. The van der Waals surface area contributed by atoms with Crippen LogP contribution in [-0.4, -0.2) is 22.2 Å². The summed E-state index contributed by atoms with van der Waals surface area (Å²) in [7, 11) is 0. The number of rotatable bonds is 5. The maximum atomic E-state index is 13.4. The average molecular weight is 393 g/mol. The molecule has 1 aliphatic carbocycles. The molecule has 0 amide bonds. The number of benzene rings is 2. The summed E-state index contributed by atoms with van der Waals surface area (Å²) in [5, 5.41) is 7.97. The molecule has 0 radical (unpaired) electrons. The summed E-state index contributed by atoms with van der Waals surface area (Å²) in [5.41, 5.74) is 2.86. The molecule has 6 heteroatoms. The highest BCUT2D eigenvalue weighted by molar-refractivity contribution is 6.03. The molecule has 1 aromatic heterocycles. The predicted octanol–water partition coefficient (Wildman–Crippen LogP) is 5.31. The largest absolute Gasteiger partial charge is 0.494 e. The van der Waals surface area contributed by atoms with E-state index < -0.39 is 0 Å². The van der Waals surface area contributed by atoms with Crippen molar-refractivity contribution in [2.45, 2.75) is 33.6 Å². The van der Waals surface area contributed by atoms with Crippen molar-refractivity contribution in [3.05, 3.63) is 65.6 Å². The Morgan fingerprint density at radius 3 is 2.45 bits per heavy atom. The minimum Gasteiger partial charge on any atom is -0.494 e. The summed E-state index contributed by atoms with van der Waals surface area (Å²) in [4.78, 5) is 13.0. The first-order valence-electron chi connectivity index (χ1n) is 9.77. The summed E-state index contributed by atoms with van der Waals surface area (Å²) < 4.78 is 20.6. The number of Topliss-reactive ketones (excluding diaryl/α,β-unsaturated/α-hetero) is 1. The van der Waals surface area contributed by atoms with E-state index in [4.69, 9.17) is 9.84 Å². The number of aromatic nitrogens is 2. The number of carbonyl (C=O) groups excluding carboxylic acids is 1. The van der Waals surface area contributed by atoms with Gasteiger partial charge in [-0.25, -0.2) is 9.07 Å². The molecule has 1 heterocycles. The summed E-state index contributed by atoms with van der Waals surface area (Å²) >= 11 is 0. The van der Waals surface area contributed by atoms with Crippen molar-refractivity contribution >= 4 is 17.3 Å². The first-order chi connectivity index (χ1) is 13.9. The highest BCUT2D eigenvalue weighted by Gasteiger charge is 2.36. The van der Waals surface area contributed by atoms with Crippen molar-refractivity contribution in [1.29, 1.82) is 0 Å². The van der Waals surface area contributed by atoms with Gasteiger partial charge in [0, 0.05) is 12.1 Å². The first kappa shape index (κ1) is 19.2. The third-order valence-electron chi connectivity index (χ3n) is 5.04. The van der Waals surface area contributed by atoms with Crippen LogP contribution in [0.4, 0.5) is 15.9 Å². The number of hydrogen-bond donors (Lipinski definition) is 1. The molecule has 5 nitrogen and oxygen atoms in total. The fraction of sp³-hybridized carbons (Fsp3) is 0.304. The molecule has 3 aromatic rings. The first-order valence-corrected chi connectivity index (χ1v) is 9.77. The zero-order valence-corrected chi connectivity index (χ0v) is 16.8. The minimum absolute atomic E-state index is 0.0676. The Morgan fingerprint density at radius 1 is 1.10 bits per heavy atom. The van der Waals surface area contributed by atoms with Gasteiger partial charge in [0.25, 0.3) is 0 Å². The summed E-state index contributed by atoms with van der Waals surface area (Å²) in [5.74, 6) is 1.07. The smallest absolute Gasteiger partial charge is 0.169 e. The number of carbonyl (C=O) groups is 1. The average Bonchev–Trinajstić information content (AvgIpc) is 3.01. The minimum atomic E-state index is -0.307. The molecule has 0 unspecified atom stereocenters. The molecule has 4 rings (SSSR count). The molecule has 150 valence electrons. The van der Waals surface area contributed by atoms with Gasteiger partial charge in [0.15, 0.2) is 11.6 Å². The number of ketones is 1. The maximum absolute atomic E-state index is 13.4. The lowest BCUT2D eigenvalue weighted by molar-refractivity contribution is 0.0912. The molecule has 0 aliphatic heterocycles. The van der Waals surface area contributed by atoms with Crippen LogP contribution in [0.2, 0.25) is 0 Å². The lowest BCUT2D eigenvalue weighted by Gasteiger charge is -2.29. The predicted molar refractivity (Wildman–Crippen MR) is 111 cm³/mol. The Hall–Kier alpha value is -3.15. The Labute approximate surface area is 169 Å². The zero-order chi connectivity index (χ0) is 20.6. The van der Waals surface area contributed by atoms with Crippen LogP contribution in [0.15, 0.2) is 48.5 Å². The van der Waals surface area contributed by atoms with E-state index in [1.54, 1.807) is 16.8 Å². The van der Waals surface area contributed by atoms with E-state index in [1.165, 1.54) is 12.1 Å². The van der Waals surface area contributed by atoms with Gasteiger partial charge in [0.2, 0.25) is 0 Å². The van der Waals surface area contributed by atoms with Crippen LogP contribution in [0.5, 0.6) is 5.75 Å². The topological polar surface area (TPSA) is 56.1 Å². The Bertz CT molecular complexity index is 1040. The lowest BCUT2D eigenvalue weighted by atomic mass is 9.76. The fourth-order valence-electron chi connectivity index (χ4n) is 3.77. The third-order valence-corrected chi connectivity index (χ3v) is 5.04. The molecule has 0 fully saturated rings. The van der Waals surface area contributed by atoms with Crippen LogP contribution in [-0.2, 0) is 6.42 Å². The van der Waals surface area contributed by atoms with Crippen LogP contribution in [0.25, 0.3) is 5.69 Å². The van der Waals surface area contributed by atoms with Crippen molar-refractivity contribution < 1.29 is 13.9 Å². The van der Waals surface area contributed by atoms with E-state index in [0.717, 1.165) is 22.8 Å². The monoisotopic (exact) mass is 393 g/mol. The number of halogens is 1. The van der Waals surface area contributed by atoms with E-state index in [2.05, 4.69) is 19.2 Å². The van der Waals surface area contributed by atoms with Crippen LogP contribution < -0.4 is 10.1 Å². The van der Waals surface area contributed by atoms with E-state index in [0.29, 0.717) is 30.8 Å². The quantitative estimate of drug-likeness (QED) is 0.638.